The predicted octanol–water partition coefficient (Wildman–Crippen LogP) is 13.5. The first-order chi connectivity index (χ1) is 22.0. The van der Waals surface area contributed by atoms with Crippen LogP contribution in [0.4, 0.5) is 26.3 Å². The molecule has 0 aliphatic carbocycles. The lowest BCUT2D eigenvalue weighted by molar-refractivity contribution is 0.0985. The topological polar surface area (TPSA) is 68.3 Å². The molecule has 3 rings (SSSR count). The third-order valence-electron chi connectivity index (χ3n) is 3.86. The van der Waals surface area contributed by atoms with Crippen molar-refractivity contribution >= 4 is 174 Å². The quantitative estimate of drug-likeness (QED) is 0.0858. The van der Waals surface area contributed by atoms with Crippen molar-refractivity contribution < 1.29 is 45.5 Å². The molecule has 0 bridgehead atoms. The SMILES string of the molecule is CC(=O)c1ccc(F)c(F)c1.CCC(=O)c1ccc(F)c(F)c1.CC[C+]=O.C[C+]=O.Fc1ccccc1F.IC(I)I.ICI.II. The number of hydrogen-bond acceptors (Lipinski definition) is 4. The van der Waals surface area contributed by atoms with Crippen molar-refractivity contribution in [2.75, 3.05) is 2.43 Å². The molecule has 0 saturated heterocycles. The van der Waals surface area contributed by atoms with Gasteiger partial charge in [0, 0.05) is 64.4 Å². The van der Waals surface area contributed by atoms with Crippen LogP contribution in [0.15, 0.2) is 60.7 Å². The molecular weight excluding hydrogens is 1430 g/mol. The van der Waals surface area contributed by atoms with Gasteiger partial charge in [-0.1, -0.05) is 132 Å². The Bertz CT molecular complexity index is 1230. The van der Waals surface area contributed by atoms with Crippen molar-refractivity contribution in [1.82, 2.24) is 0 Å². The van der Waals surface area contributed by atoms with Gasteiger partial charge in [-0.05, 0) is 62.4 Å². The fraction of sp³-hybridized carbons (Fsp3) is 0.267. The van der Waals surface area contributed by atoms with E-state index in [1.165, 1.54) is 46.8 Å². The van der Waals surface area contributed by atoms with Crippen LogP contribution in [-0.2, 0) is 9.59 Å². The Morgan fingerprint density at radius 3 is 1.19 bits per heavy atom. The average molecular weight is 1460 g/mol. The average Bonchev–Trinajstić information content (AvgIpc) is 3.03. The molecule has 0 fully saturated rings. The van der Waals surface area contributed by atoms with Crippen molar-refractivity contribution in [3.05, 3.63) is 107 Å². The maximum absolute atomic E-state index is 12.5. The molecule has 47 heavy (non-hydrogen) atoms. The van der Waals surface area contributed by atoms with Gasteiger partial charge in [0.15, 0.2) is 46.5 Å². The van der Waals surface area contributed by atoms with Gasteiger partial charge in [0.1, 0.15) is -0.0619 Å². The normalized spacial score (nSPS) is 8.30. The van der Waals surface area contributed by atoms with E-state index < -0.39 is 34.9 Å². The van der Waals surface area contributed by atoms with Gasteiger partial charge in [-0.15, -0.1) is 0 Å². The summed E-state index contributed by atoms with van der Waals surface area (Å²) < 4.78 is 75.4. The number of ketones is 2. The van der Waals surface area contributed by atoms with Crippen LogP contribution in [0.1, 0.15) is 61.3 Å². The van der Waals surface area contributed by atoms with Crippen LogP contribution in [-0.4, -0.2) is 26.5 Å². The lowest BCUT2D eigenvalue weighted by Crippen LogP contribution is -1.97. The maximum Gasteiger partial charge on any atom is 0.505 e. The van der Waals surface area contributed by atoms with E-state index in [0.717, 1.165) is 36.3 Å². The third kappa shape index (κ3) is 39.5. The zero-order valence-corrected chi connectivity index (χ0v) is 40.1. The largest absolute Gasteiger partial charge is 0.505 e. The Hall–Kier alpha value is 0.850. The minimum absolute atomic E-state index is 0.184. The molecule has 0 aliphatic heterocycles. The fourth-order valence-electron chi connectivity index (χ4n) is 2.03. The minimum atomic E-state index is -0.988. The van der Waals surface area contributed by atoms with Gasteiger partial charge in [0.2, 0.25) is 13.3 Å². The molecule has 0 amide bonds. The summed E-state index contributed by atoms with van der Waals surface area (Å²) in [5.41, 5.74) is 0.403. The number of rotatable bonds is 4. The van der Waals surface area contributed by atoms with Gasteiger partial charge in [-0.3, -0.25) is 9.59 Å². The number of carbonyl (C=O) groups excluding carboxylic acids is 4. The number of hydrogen-bond donors (Lipinski definition) is 0. The second-order valence-electron chi connectivity index (χ2n) is 7.06. The monoisotopic (exact) mass is 1460 g/mol. The lowest BCUT2D eigenvalue weighted by atomic mass is 10.1. The highest BCUT2D eigenvalue weighted by atomic mass is 128. The van der Waals surface area contributed by atoms with E-state index in [-0.39, 0.29) is 22.7 Å². The van der Waals surface area contributed by atoms with Crippen molar-refractivity contribution in [2.45, 2.75) is 40.5 Å². The molecule has 0 aliphatic rings. The first-order valence-corrected chi connectivity index (χ1v) is 25.3. The molecule has 0 heterocycles. The van der Waals surface area contributed by atoms with E-state index in [9.17, 15) is 35.9 Å². The lowest BCUT2D eigenvalue weighted by Gasteiger charge is -1.97. The van der Waals surface area contributed by atoms with Gasteiger partial charge in [0.25, 0.3) is 0 Å². The molecular formula is C30H29F6I7O4+2. The Kier molecular flexibility index (Phi) is 50.2. The summed E-state index contributed by atoms with van der Waals surface area (Å²) in [6, 6.07) is 11.3. The van der Waals surface area contributed by atoms with E-state index in [4.69, 9.17) is 9.59 Å². The molecule has 0 unspecified atom stereocenters. The zero-order chi connectivity index (χ0) is 38.0. The summed E-state index contributed by atoms with van der Waals surface area (Å²) in [6.07, 6.45) is 3.99. The Morgan fingerprint density at radius 1 is 0.681 bits per heavy atom. The summed E-state index contributed by atoms with van der Waals surface area (Å²) in [6.45, 7) is 6.04. The minimum Gasteiger partial charge on any atom is -0.295 e. The second-order valence-corrected chi connectivity index (χ2v) is 22.4. The highest BCUT2D eigenvalue weighted by molar-refractivity contribution is 15.0. The van der Waals surface area contributed by atoms with Crippen molar-refractivity contribution in [3.8, 4) is 0 Å². The third-order valence-corrected chi connectivity index (χ3v) is 3.86. The molecule has 0 spiro atoms. The fourth-order valence-corrected chi connectivity index (χ4v) is 2.03. The van der Waals surface area contributed by atoms with Crippen molar-refractivity contribution in [2.24, 2.45) is 0 Å². The predicted molar refractivity (Wildman–Crippen MR) is 238 cm³/mol. The molecule has 0 aromatic heterocycles. The molecule has 0 N–H and O–H groups in total. The smallest absolute Gasteiger partial charge is 0.295 e. The van der Waals surface area contributed by atoms with Crippen molar-refractivity contribution in [1.29, 1.82) is 0 Å². The van der Waals surface area contributed by atoms with Gasteiger partial charge < -0.3 is 0 Å². The number of Topliss-reactive ketones (excluding diaryl/α,β-unsaturated/α-hetero) is 2. The number of carbonyl (C=O) groups is 2. The van der Waals surface area contributed by atoms with E-state index in [2.05, 4.69) is 150 Å². The molecule has 0 saturated carbocycles. The maximum atomic E-state index is 12.5. The van der Waals surface area contributed by atoms with E-state index in [1.54, 1.807) is 20.1 Å². The van der Waals surface area contributed by atoms with Crippen LogP contribution in [0, 0.1) is 34.9 Å². The Morgan fingerprint density at radius 2 is 0.957 bits per heavy atom. The molecule has 0 atom stereocenters. The molecule has 17 heteroatoms. The van der Waals surface area contributed by atoms with Gasteiger partial charge in [-0.25, -0.2) is 26.3 Å². The zero-order valence-electron chi connectivity index (χ0n) is 25.0. The standard InChI is InChI=1S/C9H8F2O.C8H6F2O.C6H4F2.C3H5O.C2H3O.CHI3.CH2I2.I2/c1-2-9(12)6-3-4-7(10)8(11)5-6;1-5(11)6-2-3-7(9)8(10)4-6;7-5-3-1-2-4-6(5)8;1-2-3-4;1-2-3;2-1(3)4;2-1-3;1-2/h3-5H,2H2,1H3;2-4H,1H3;1-4H;2H2,1H3;1H3;1H;1H2;/q;;;2*+1;;;. The van der Waals surface area contributed by atoms with Crippen LogP contribution < -0.4 is 0 Å². The molecule has 262 valence electrons. The molecule has 3 aromatic rings. The highest BCUT2D eigenvalue weighted by Gasteiger charge is 2.07. The Labute approximate surface area is 363 Å². The van der Waals surface area contributed by atoms with Crippen LogP contribution in [0.5, 0.6) is 0 Å². The van der Waals surface area contributed by atoms with E-state index in [1.807, 2.05) is 0 Å². The summed E-state index contributed by atoms with van der Waals surface area (Å²) in [4.78, 5) is 39.3. The van der Waals surface area contributed by atoms with E-state index in [0.29, 0.717) is 12.8 Å². The summed E-state index contributed by atoms with van der Waals surface area (Å²) in [7, 11) is 0. The molecule has 0 radical (unpaired) electrons. The summed E-state index contributed by atoms with van der Waals surface area (Å²) in [5, 5.41) is 0. The summed E-state index contributed by atoms with van der Waals surface area (Å²) >= 11 is 15.7. The van der Waals surface area contributed by atoms with Crippen LogP contribution in [0.2, 0.25) is 0 Å². The first-order valence-electron chi connectivity index (χ1n) is 12.2. The van der Waals surface area contributed by atoms with E-state index >= 15 is 0 Å². The number of alkyl halides is 5. The van der Waals surface area contributed by atoms with Crippen LogP contribution in [0.25, 0.3) is 0 Å². The summed E-state index contributed by atoms with van der Waals surface area (Å²) in [5.74, 6) is -5.89. The Balaban J connectivity index is -0.000000155. The first kappa shape index (κ1) is 57.2. The van der Waals surface area contributed by atoms with Gasteiger partial charge in [0.05, 0.1) is 2.43 Å². The number of halogens is 13. The second kappa shape index (κ2) is 41.3. The molecule has 3 aromatic carbocycles. The highest BCUT2D eigenvalue weighted by Crippen LogP contribution is 2.16. The van der Waals surface area contributed by atoms with Crippen LogP contribution >= 0.6 is 150 Å². The number of benzene rings is 3. The van der Waals surface area contributed by atoms with Crippen LogP contribution in [0.3, 0.4) is 0 Å². The molecule has 4 nitrogen and oxygen atoms in total. The van der Waals surface area contributed by atoms with Gasteiger partial charge in [-0.2, -0.15) is 0 Å². The van der Waals surface area contributed by atoms with Crippen molar-refractivity contribution in [3.63, 3.8) is 0 Å². The van der Waals surface area contributed by atoms with Gasteiger partial charge >= 0.3 is 12.6 Å².